The lowest BCUT2D eigenvalue weighted by molar-refractivity contribution is 0.0666. The molecule has 142 valence electrons. The molecular weight excluding hydrogens is 348 g/mol. The number of ether oxygens (including phenoxy) is 2. The zero-order valence-electron chi connectivity index (χ0n) is 15.2. The number of carbonyl (C=O) groups is 1. The second-order valence-corrected chi connectivity index (χ2v) is 6.06. The molecule has 7 nitrogen and oxygen atoms in total. The molecule has 7 heteroatoms. The first-order valence-electron chi connectivity index (χ1n) is 8.44. The number of nitrogens with zero attached hydrogens (tertiary/aromatic N) is 1. The fourth-order valence-electron chi connectivity index (χ4n) is 2.64. The molecule has 0 spiro atoms. The maximum Gasteiger partial charge on any atom is 0.412 e. The molecule has 0 heterocycles. The van der Waals surface area contributed by atoms with Crippen molar-refractivity contribution in [3.8, 4) is 17.6 Å². The van der Waals surface area contributed by atoms with Crippen LogP contribution in [0.5, 0.6) is 11.5 Å². The molecule has 1 amide bonds. The van der Waals surface area contributed by atoms with Crippen LogP contribution in [0.15, 0.2) is 42.5 Å². The monoisotopic (exact) mass is 370 g/mol. The van der Waals surface area contributed by atoms with E-state index in [1.165, 1.54) is 13.2 Å². The fraction of sp³-hybridized carbons (Fsp3) is 0.300. The number of hydrogen-bond acceptors (Lipinski definition) is 6. The number of rotatable bonds is 7. The van der Waals surface area contributed by atoms with Crippen molar-refractivity contribution in [2.45, 2.75) is 19.4 Å². The van der Waals surface area contributed by atoms with E-state index in [0.717, 1.165) is 0 Å². The molecule has 2 aromatic rings. The van der Waals surface area contributed by atoms with Gasteiger partial charge in [-0.05, 0) is 54.3 Å². The van der Waals surface area contributed by atoms with E-state index in [-0.39, 0.29) is 18.3 Å². The topological polar surface area (TPSA) is 112 Å². The van der Waals surface area contributed by atoms with Crippen molar-refractivity contribution in [1.82, 2.24) is 0 Å². The van der Waals surface area contributed by atoms with E-state index in [9.17, 15) is 15.0 Å². The molecule has 0 aliphatic rings. The normalized spacial score (nSPS) is 12.5. The van der Waals surface area contributed by atoms with Gasteiger partial charge in [-0.2, -0.15) is 5.26 Å². The lowest BCUT2D eigenvalue weighted by Crippen LogP contribution is -2.22. The summed E-state index contributed by atoms with van der Waals surface area (Å²) in [6.45, 7) is 1.79. The average molecular weight is 370 g/mol. The molecule has 0 aromatic heterocycles. The van der Waals surface area contributed by atoms with Gasteiger partial charge in [0.25, 0.3) is 0 Å². The summed E-state index contributed by atoms with van der Waals surface area (Å²) >= 11 is 0. The second kappa shape index (κ2) is 9.46. The number of methoxy groups -OCH3 is 1. The van der Waals surface area contributed by atoms with E-state index in [0.29, 0.717) is 29.0 Å². The van der Waals surface area contributed by atoms with Gasteiger partial charge in [-0.25, -0.2) is 4.79 Å². The van der Waals surface area contributed by atoms with Crippen LogP contribution in [0, 0.1) is 17.2 Å². The van der Waals surface area contributed by atoms with Gasteiger partial charge in [0.15, 0.2) is 11.5 Å². The van der Waals surface area contributed by atoms with Crippen LogP contribution in [0.1, 0.15) is 30.6 Å². The number of benzene rings is 2. The third-order valence-corrected chi connectivity index (χ3v) is 4.13. The molecular formula is C20H22N2O5. The van der Waals surface area contributed by atoms with Gasteiger partial charge < -0.3 is 19.7 Å². The number of hydrogen-bond donors (Lipinski definition) is 3. The standard InChI is InChI=1S/C20H22N2O5/c1-13(9-10-23)19(15-5-8-18(26-2)17(24)11-15)27-20(25)22-16-6-3-14(12-21)4-7-16/h3-8,11,13,19,23-24H,9-10H2,1-2H3,(H,22,25)/t13-,19-/m1/s1. The predicted octanol–water partition coefficient (Wildman–Crippen LogP) is 3.58. The van der Waals surface area contributed by atoms with Crippen LogP contribution in [0.2, 0.25) is 0 Å². The summed E-state index contributed by atoms with van der Waals surface area (Å²) < 4.78 is 10.6. The zero-order valence-corrected chi connectivity index (χ0v) is 15.2. The number of aliphatic hydroxyl groups excluding tert-OH is 1. The number of aliphatic hydroxyl groups is 1. The number of nitrogens with one attached hydrogen (secondary N) is 1. The molecule has 0 aliphatic heterocycles. The van der Waals surface area contributed by atoms with Crippen LogP contribution >= 0.6 is 0 Å². The Balaban J connectivity index is 2.17. The van der Waals surface area contributed by atoms with E-state index in [4.69, 9.17) is 14.7 Å². The Morgan fingerprint density at radius 1 is 1.26 bits per heavy atom. The molecule has 2 atom stereocenters. The lowest BCUT2D eigenvalue weighted by atomic mass is 9.94. The van der Waals surface area contributed by atoms with Crippen LogP contribution in [-0.4, -0.2) is 30.0 Å². The summed E-state index contributed by atoms with van der Waals surface area (Å²) in [5.74, 6) is 0.0659. The third-order valence-electron chi connectivity index (χ3n) is 4.13. The molecule has 0 radical (unpaired) electrons. The highest BCUT2D eigenvalue weighted by atomic mass is 16.6. The van der Waals surface area contributed by atoms with E-state index >= 15 is 0 Å². The highest BCUT2D eigenvalue weighted by Gasteiger charge is 2.24. The van der Waals surface area contributed by atoms with Gasteiger partial charge >= 0.3 is 6.09 Å². The minimum Gasteiger partial charge on any atom is -0.504 e. The second-order valence-electron chi connectivity index (χ2n) is 6.06. The van der Waals surface area contributed by atoms with Crippen molar-refractivity contribution in [1.29, 1.82) is 5.26 Å². The smallest absolute Gasteiger partial charge is 0.412 e. The van der Waals surface area contributed by atoms with Crippen molar-refractivity contribution < 1.29 is 24.5 Å². The molecule has 0 saturated carbocycles. The maximum absolute atomic E-state index is 12.3. The van der Waals surface area contributed by atoms with E-state index < -0.39 is 12.2 Å². The van der Waals surface area contributed by atoms with Crippen molar-refractivity contribution in [2.75, 3.05) is 19.0 Å². The summed E-state index contributed by atoms with van der Waals surface area (Å²) in [6.07, 6.45) is -0.932. The number of amides is 1. The predicted molar refractivity (Wildman–Crippen MR) is 99.5 cm³/mol. The summed E-state index contributed by atoms with van der Waals surface area (Å²) in [7, 11) is 1.45. The van der Waals surface area contributed by atoms with Gasteiger partial charge in [0.05, 0.1) is 18.7 Å². The molecule has 0 bridgehead atoms. The maximum atomic E-state index is 12.3. The Morgan fingerprint density at radius 3 is 2.52 bits per heavy atom. The Labute approximate surface area is 157 Å². The number of anilines is 1. The first kappa shape index (κ1) is 20.1. The average Bonchev–Trinajstić information content (AvgIpc) is 2.66. The Morgan fingerprint density at radius 2 is 1.96 bits per heavy atom. The van der Waals surface area contributed by atoms with Crippen LogP contribution in [-0.2, 0) is 4.74 Å². The number of aromatic hydroxyl groups is 1. The third kappa shape index (κ3) is 5.36. The molecule has 2 aromatic carbocycles. The summed E-state index contributed by atoms with van der Waals surface area (Å²) in [6, 6.07) is 13.1. The van der Waals surface area contributed by atoms with Crippen LogP contribution in [0.25, 0.3) is 0 Å². The minimum atomic E-state index is -0.676. The van der Waals surface area contributed by atoms with Crippen molar-refractivity contribution in [3.05, 3.63) is 53.6 Å². The summed E-state index contributed by atoms with van der Waals surface area (Å²) in [4.78, 5) is 12.3. The number of carbonyl (C=O) groups excluding carboxylic acids is 1. The number of phenols is 1. The SMILES string of the molecule is COc1ccc([C@H](OC(=O)Nc2ccc(C#N)cc2)[C@H](C)CCO)cc1O. The van der Waals surface area contributed by atoms with Gasteiger partial charge in [-0.1, -0.05) is 13.0 Å². The van der Waals surface area contributed by atoms with Crippen LogP contribution in [0.3, 0.4) is 0 Å². The Bertz CT molecular complexity index is 814. The van der Waals surface area contributed by atoms with E-state index in [2.05, 4.69) is 5.32 Å². The van der Waals surface area contributed by atoms with Gasteiger partial charge in [0, 0.05) is 12.3 Å². The number of nitriles is 1. The Kier molecular flexibility index (Phi) is 7.03. The van der Waals surface area contributed by atoms with E-state index in [1.54, 1.807) is 36.4 Å². The first-order chi connectivity index (χ1) is 13.0. The highest BCUT2D eigenvalue weighted by Crippen LogP contribution is 2.34. The summed E-state index contributed by atoms with van der Waals surface area (Å²) in [5, 5.41) is 30.7. The van der Waals surface area contributed by atoms with Gasteiger partial charge in [-0.15, -0.1) is 0 Å². The van der Waals surface area contributed by atoms with Crippen LogP contribution < -0.4 is 10.1 Å². The number of phenolic OH excluding ortho intramolecular Hbond substituents is 1. The van der Waals surface area contributed by atoms with Crippen molar-refractivity contribution in [2.24, 2.45) is 5.92 Å². The van der Waals surface area contributed by atoms with Gasteiger partial charge in [0.1, 0.15) is 6.10 Å². The minimum absolute atomic E-state index is 0.0552. The Hall–Kier alpha value is -3.24. The molecule has 0 fully saturated rings. The largest absolute Gasteiger partial charge is 0.504 e. The van der Waals surface area contributed by atoms with Gasteiger partial charge in [0.2, 0.25) is 0 Å². The fourth-order valence-corrected chi connectivity index (χ4v) is 2.64. The lowest BCUT2D eigenvalue weighted by Gasteiger charge is -2.24. The van der Waals surface area contributed by atoms with Crippen molar-refractivity contribution >= 4 is 11.8 Å². The summed E-state index contributed by atoms with van der Waals surface area (Å²) in [5.41, 5.74) is 1.56. The first-order valence-corrected chi connectivity index (χ1v) is 8.44. The van der Waals surface area contributed by atoms with E-state index in [1.807, 2.05) is 13.0 Å². The molecule has 0 aliphatic carbocycles. The van der Waals surface area contributed by atoms with Gasteiger partial charge in [-0.3, -0.25) is 5.32 Å². The molecule has 2 rings (SSSR count). The highest BCUT2D eigenvalue weighted by molar-refractivity contribution is 5.84. The molecule has 27 heavy (non-hydrogen) atoms. The molecule has 3 N–H and O–H groups in total. The zero-order chi connectivity index (χ0) is 19.8. The quantitative estimate of drug-likeness (QED) is 0.687. The van der Waals surface area contributed by atoms with Crippen molar-refractivity contribution in [3.63, 3.8) is 0 Å². The molecule has 0 saturated heterocycles. The molecule has 0 unspecified atom stereocenters. The van der Waals surface area contributed by atoms with Crippen LogP contribution in [0.4, 0.5) is 10.5 Å².